The Balaban J connectivity index is 2.89. The average molecular weight is 271 g/mol. The first-order valence-electron chi connectivity index (χ1n) is 5.88. The summed E-state index contributed by atoms with van der Waals surface area (Å²) in [4.78, 5) is 11.0. The van der Waals surface area contributed by atoms with Gasteiger partial charge in [-0.3, -0.25) is 4.79 Å². The number of halogens is 1. The first-order valence-corrected chi connectivity index (χ1v) is 6.26. The van der Waals surface area contributed by atoms with E-state index in [2.05, 4.69) is 5.32 Å². The fourth-order valence-corrected chi connectivity index (χ4v) is 1.61. The smallest absolute Gasteiger partial charge is 0.258 e. The molecule has 3 N–H and O–H groups in total. The maximum Gasteiger partial charge on any atom is 0.258 e. The lowest BCUT2D eigenvalue weighted by molar-refractivity contribution is -0.124. The fraction of sp³-hybridized carbons (Fsp3) is 0.462. The summed E-state index contributed by atoms with van der Waals surface area (Å²) in [6.07, 6.45) is -0.679. The standard InChI is InChI=1S/C13H19ClN2O2/c1-8(2)16-7-10-11(14)5-4-6-12(10)18-9(3)13(15)17/h4-6,8-9,16H,7H2,1-3H3,(H2,15,17). The van der Waals surface area contributed by atoms with Crippen molar-refractivity contribution in [3.05, 3.63) is 28.8 Å². The van der Waals surface area contributed by atoms with Gasteiger partial charge in [-0.25, -0.2) is 0 Å². The van der Waals surface area contributed by atoms with Crippen LogP contribution in [0.1, 0.15) is 26.3 Å². The Kier molecular flexibility index (Phi) is 5.44. The van der Waals surface area contributed by atoms with E-state index in [0.717, 1.165) is 5.56 Å². The van der Waals surface area contributed by atoms with E-state index in [1.807, 2.05) is 13.8 Å². The second-order valence-electron chi connectivity index (χ2n) is 4.41. The first kappa shape index (κ1) is 14.8. The highest BCUT2D eigenvalue weighted by Crippen LogP contribution is 2.27. The van der Waals surface area contributed by atoms with Crippen LogP contribution in [-0.2, 0) is 11.3 Å². The largest absolute Gasteiger partial charge is 0.481 e. The highest BCUT2D eigenvalue weighted by Gasteiger charge is 2.14. The van der Waals surface area contributed by atoms with Crippen LogP contribution in [0.4, 0.5) is 0 Å². The van der Waals surface area contributed by atoms with Crippen LogP contribution >= 0.6 is 11.6 Å². The monoisotopic (exact) mass is 270 g/mol. The highest BCUT2D eigenvalue weighted by atomic mass is 35.5. The molecule has 1 amide bonds. The molecule has 0 fully saturated rings. The van der Waals surface area contributed by atoms with Crippen molar-refractivity contribution in [1.29, 1.82) is 0 Å². The van der Waals surface area contributed by atoms with E-state index in [9.17, 15) is 4.79 Å². The molecule has 4 nitrogen and oxygen atoms in total. The van der Waals surface area contributed by atoms with Gasteiger partial charge in [0, 0.05) is 23.2 Å². The van der Waals surface area contributed by atoms with Crippen molar-refractivity contribution < 1.29 is 9.53 Å². The predicted octanol–water partition coefficient (Wildman–Crippen LogP) is 2.09. The van der Waals surface area contributed by atoms with Gasteiger partial charge in [0.05, 0.1) is 0 Å². The molecule has 0 aromatic heterocycles. The Morgan fingerprint density at radius 1 is 1.44 bits per heavy atom. The second kappa shape index (κ2) is 6.61. The lowest BCUT2D eigenvalue weighted by Crippen LogP contribution is -2.31. The van der Waals surface area contributed by atoms with Crippen LogP contribution in [0.25, 0.3) is 0 Å². The molecule has 0 saturated carbocycles. The van der Waals surface area contributed by atoms with Crippen molar-refractivity contribution in [1.82, 2.24) is 5.32 Å². The van der Waals surface area contributed by atoms with Gasteiger partial charge in [-0.15, -0.1) is 0 Å². The van der Waals surface area contributed by atoms with Crippen molar-refractivity contribution in [2.45, 2.75) is 39.5 Å². The Morgan fingerprint density at radius 3 is 2.67 bits per heavy atom. The first-order chi connectivity index (χ1) is 8.41. The van der Waals surface area contributed by atoms with Gasteiger partial charge >= 0.3 is 0 Å². The van der Waals surface area contributed by atoms with Crippen LogP contribution in [0.3, 0.4) is 0 Å². The van der Waals surface area contributed by atoms with E-state index >= 15 is 0 Å². The topological polar surface area (TPSA) is 64.3 Å². The summed E-state index contributed by atoms with van der Waals surface area (Å²) < 4.78 is 5.52. The number of carbonyl (C=O) groups is 1. The Hall–Kier alpha value is -1.26. The molecule has 0 saturated heterocycles. The summed E-state index contributed by atoms with van der Waals surface area (Å²) in [5, 5.41) is 3.87. The van der Waals surface area contributed by atoms with E-state index in [1.54, 1.807) is 25.1 Å². The third-order valence-corrected chi connectivity index (χ3v) is 2.82. The van der Waals surface area contributed by atoms with Crippen molar-refractivity contribution in [2.75, 3.05) is 0 Å². The molecule has 0 aliphatic heterocycles. The zero-order valence-electron chi connectivity index (χ0n) is 10.9. The number of benzene rings is 1. The molecular formula is C13H19ClN2O2. The molecule has 100 valence electrons. The zero-order chi connectivity index (χ0) is 13.7. The number of hydrogen-bond donors (Lipinski definition) is 2. The molecule has 1 rings (SSSR count). The number of nitrogens with one attached hydrogen (secondary N) is 1. The Labute approximate surface area is 112 Å². The minimum Gasteiger partial charge on any atom is -0.481 e. The lowest BCUT2D eigenvalue weighted by Gasteiger charge is -2.17. The summed E-state index contributed by atoms with van der Waals surface area (Å²) in [5.41, 5.74) is 6.02. The zero-order valence-corrected chi connectivity index (χ0v) is 11.6. The van der Waals surface area contributed by atoms with Crippen molar-refractivity contribution >= 4 is 17.5 Å². The highest BCUT2D eigenvalue weighted by molar-refractivity contribution is 6.31. The predicted molar refractivity (Wildman–Crippen MR) is 72.7 cm³/mol. The van der Waals surface area contributed by atoms with Gasteiger partial charge in [-0.2, -0.15) is 0 Å². The molecule has 1 aromatic rings. The molecule has 0 aliphatic carbocycles. The molecule has 18 heavy (non-hydrogen) atoms. The number of nitrogens with two attached hydrogens (primary N) is 1. The van der Waals surface area contributed by atoms with Gasteiger partial charge in [0.15, 0.2) is 6.10 Å². The van der Waals surface area contributed by atoms with Crippen LogP contribution in [0.2, 0.25) is 5.02 Å². The van der Waals surface area contributed by atoms with Gasteiger partial charge in [-0.05, 0) is 19.1 Å². The third kappa shape index (κ3) is 4.20. The third-order valence-electron chi connectivity index (χ3n) is 2.47. The van der Waals surface area contributed by atoms with Crippen LogP contribution in [0.5, 0.6) is 5.75 Å². The molecule has 0 spiro atoms. The summed E-state index contributed by atoms with van der Waals surface area (Å²) in [6, 6.07) is 5.69. The molecule has 0 bridgehead atoms. The maximum absolute atomic E-state index is 11.0. The van der Waals surface area contributed by atoms with Gasteiger partial charge in [0.2, 0.25) is 0 Å². The number of hydrogen-bond acceptors (Lipinski definition) is 3. The van der Waals surface area contributed by atoms with Crippen LogP contribution in [0.15, 0.2) is 18.2 Å². The van der Waals surface area contributed by atoms with Gasteiger partial charge < -0.3 is 15.8 Å². The van der Waals surface area contributed by atoms with Crippen molar-refractivity contribution in [3.8, 4) is 5.75 Å². The van der Waals surface area contributed by atoms with E-state index in [0.29, 0.717) is 23.4 Å². The lowest BCUT2D eigenvalue weighted by atomic mass is 10.2. The quantitative estimate of drug-likeness (QED) is 0.832. The molecule has 0 radical (unpaired) electrons. The van der Waals surface area contributed by atoms with Crippen molar-refractivity contribution in [3.63, 3.8) is 0 Å². The SMILES string of the molecule is CC(C)NCc1c(Cl)cccc1OC(C)C(N)=O. The normalized spacial score (nSPS) is 12.5. The number of carbonyl (C=O) groups excluding carboxylic acids is 1. The van der Waals surface area contributed by atoms with E-state index in [-0.39, 0.29) is 0 Å². The van der Waals surface area contributed by atoms with E-state index < -0.39 is 12.0 Å². The minimum absolute atomic E-state index is 0.336. The summed E-state index contributed by atoms with van der Waals surface area (Å²) in [5.74, 6) is 0.0831. The molecule has 0 aliphatic rings. The number of amides is 1. The Bertz CT molecular complexity index is 421. The van der Waals surface area contributed by atoms with Crippen LogP contribution < -0.4 is 15.8 Å². The van der Waals surface area contributed by atoms with Gasteiger partial charge in [0.1, 0.15) is 5.75 Å². The van der Waals surface area contributed by atoms with E-state index in [1.165, 1.54) is 0 Å². The van der Waals surface area contributed by atoms with Crippen molar-refractivity contribution in [2.24, 2.45) is 5.73 Å². The number of primary amides is 1. The second-order valence-corrected chi connectivity index (χ2v) is 4.82. The molecule has 5 heteroatoms. The molecular weight excluding hydrogens is 252 g/mol. The summed E-state index contributed by atoms with van der Waals surface area (Å²) >= 11 is 6.14. The molecule has 1 unspecified atom stereocenters. The van der Waals surface area contributed by atoms with Crippen LogP contribution in [0, 0.1) is 0 Å². The fourth-order valence-electron chi connectivity index (χ4n) is 1.38. The summed E-state index contributed by atoms with van der Waals surface area (Å²) in [6.45, 7) is 6.29. The average Bonchev–Trinajstić information content (AvgIpc) is 2.27. The number of ether oxygens (including phenoxy) is 1. The maximum atomic E-state index is 11.0. The molecule has 1 atom stereocenters. The summed E-state index contributed by atoms with van der Waals surface area (Å²) in [7, 11) is 0. The Morgan fingerprint density at radius 2 is 2.11 bits per heavy atom. The van der Waals surface area contributed by atoms with Crippen LogP contribution in [-0.4, -0.2) is 18.1 Å². The van der Waals surface area contributed by atoms with Gasteiger partial charge in [-0.1, -0.05) is 31.5 Å². The van der Waals surface area contributed by atoms with Gasteiger partial charge in [0.25, 0.3) is 5.91 Å². The molecule has 0 heterocycles. The molecule has 1 aromatic carbocycles. The van der Waals surface area contributed by atoms with E-state index in [4.69, 9.17) is 22.1 Å². The minimum atomic E-state index is -0.679. The number of rotatable bonds is 6.